The van der Waals surface area contributed by atoms with Crippen molar-refractivity contribution in [2.24, 2.45) is 0 Å². The van der Waals surface area contributed by atoms with Crippen molar-refractivity contribution < 1.29 is 23.0 Å². The molecule has 4 nitrogen and oxygen atoms in total. The van der Waals surface area contributed by atoms with E-state index in [1.165, 1.54) is 12.1 Å². The van der Waals surface area contributed by atoms with Crippen molar-refractivity contribution in [3.63, 3.8) is 0 Å². The molecule has 0 aliphatic rings. The molecule has 2 aromatic rings. The minimum absolute atomic E-state index is 0.332. The maximum Gasteiger partial charge on any atom is 0.288 e. The van der Waals surface area contributed by atoms with E-state index in [1.807, 2.05) is 6.92 Å². The standard InChI is InChI=1S/C18H19F2NO3S/c1-2-23-11-12-24-16-6-4-3-5-15(16)17(22)21-13-7-9-14(10-8-13)25-18(19)20/h3-10,18H,2,11-12H2,1H3,(H,21,22). The quantitative estimate of drug-likeness (QED) is 0.517. The summed E-state index contributed by atoms with van der Waals surface area (Å²) >= 11 is 0.460. The second kappa shape index (κ2) is 10.0. The lowest BCUT2D eigenvalue weighted by molar-refractivity contribution is 0.0998. The number of halogens is 2. The Hall–Kier alpha value is -2.12. The van der Waals surface area contributed by atoms with Gasteiger partial charge in [-0.25, -0.2) is 0 Å². The van der Waals surface area contributed by atoms with E-state index in [9.17, 15) is 13.6 Å². The molecule has 0 unspecified atom stereocenters. The van der Waals surface area contributed by atoms with Gasteiger partial charge in [0.05, 0.1) is 12.2 Å². The summed E-state index contributed by atoms with van der Waals surface area (Å²) in [5, 5.41) is 2.73. The number of ether oxygens (including phenoxy) is 2. The first-order valence-corrected chi connectivity index (χ1v) is 8.64. The number of carbonyl (C=O) groups is 1. The van der Waals surface area contributed by atoms with Crippen LogP contribution in [0.4, 0.5) is 14.5 Å². The van der Waals surface area contributed by atoms with Gasteiger partial charge in [0.15, 0.2) is 0 Å². The molecule has 0 bridgehead atoms. The molecule has 0 aromatic heterocycles. The maximum absolute atomic E-state index is 12.4. The second-order valence-electron chi connectivity index (χ2n) is 4.90. The van der Waals surface area contributed by atoms with E-state index in [1.54, 1.807) is 36.4 Å². The van der Waals surface area contributed by atoms with Crippen LogP contribution >= 0.6 is 11.8 Å². The largest absolute Gasteiger partial charge is 0.490 e. The van der Waals surface area contributed by atoms with Crippen LogP contribution in [0.1, 0.15) is 17.3 Å². The van der Waals surface area contributed by atoms with E-state index in [2.05, 4.69) is 5.32 Å². The van der Waals surface area contributed by atoms with Crippen LogP contribution in [0.2, 0.25) is 0 Å². The molecule has 0 saturated carbocycles. The summed E-state index contributed by atoms with van der Waals surface area (Å²) < 4.78 is 35.4. The van der Waals surface area contributed by atoms with Crippen LogP contribution in [-0.4, -0.2) is 31.5 Å². The number of nitrogens with one attached hydrogen (secondary N) is 1. The van der Waals surface area contributed by atoms with Gasteiger partial charge in [0.25, 0.3) is 11.7 Å². The van der Waals surface area contributed by atoms with Gasteiger partial charge in [-0.1, -0.05) is 23.9 Å². The molecule has 134 valence electrons. The molecule has 0 fully saturated rings. The highest BCUT2D eigenvalue weighted by Crippen LogP contribution is 2.26. The topological polar surface area (TPSA) is 47.6 Å². The second-order valence-corrected chi connectivity index (χ2v) is 5.96. The van der Waals surface area contributed by atoms with Gasteiger partial charge >= 0.3 is 0 Å². The Morgan fingerprint density at radius 1 is 1.12 bits per heavy atom. The van der Waals surface area contributed by atoms with Crippen LogP contribution in [-0.2, 0) is 4.74 Å². The molecule has 0 aliphatic heterocycles. The van der Waals surface area contributed by atoms with E-state index >= 15 is 0 Å². The summed E-state index contributed by atoms with van der Waals surface area (Å²) in [6.07, 6.45) is 0. The molecule has 25 heavy (non-hydrogen) atoms. The predicted molar refractivity (Wildman–Crippen MR) is 94.7 cm³/mol. The number of rotatable bonds is 9. The summed E-state index contributed by atoms with van der Waals surface area (Å²) in [5.41, 5.74) is 0.915. The van der Waals surface area contributed by atoms with Crippen LogP contribution < -0.4 is 10.1 Å². The highest BCUT2D eigenvalue weighted by molar-refractivity contribution is 7.99. The van der Waals surface area contributed by atoms with E-state index in [0.29, 0.717) is 53.5 Å². The summed E-state index contributed by atoms with van der Waals surface area (Å²) in [6, 6.07) is 13.1. The van der Waals surface area contributed by atoms with Crippen molar-refractivity contribution in [1.29, 1.82) is 0 Å². The molecule has 0 spiro atoms. The van der Waals surface area contributed by atoms with Gasteiger partial charge in [-0.3, -0.25) is 4.79 Å². The fourth-order valence-corrected chi connectivity index (χ4v) is 2.55. The first kappa shape index (κ1) is 19.2. The fraction of sp³-hybridized carbons (Fsp3) is 0.278. The molecule has 0 heterocycles. The smallest absolute Gasteiger partial charge is 0.288 e. The van der Waals surface area contributed by atoms with Crippen molar-refractivity contribution in [2.45, 2.75) is 17.6 Å². The number of thioether (sulfide) groups is 1. The van der Waals surface area contributed by atoms with Gasteiger partial charge in [0, 0.05) is 17.2 Å². The number of amides is 1. The minimum atomic E-state index is -2.47. The number of benzene rings is 2. The van der Waals surface area contributed by atoms with Crippen molar-refractivity contribution in [1.82, 2.24) is 0 Å². The molecule has 1 amide bonds. The Labute approximate surface area is 149 Å². The number of para-hydroxylation sites is 1. The van der Waals surface area contributed by atoms with Crippen molar-refractivity contribution in [3.05, 3.63) is 54.1 Å². The zero-order valence-corrected chi connectivity index (χ0v) is 14.5. The zero-order chi connectivity index (χ0) is 18.1. The number of alkyl halides is 2. The average Bonchev–Trinajstić information content (AvgIpc) is 2.60. The molecule has 0 aliphatic carbocycles. The van der Waals surface area contributed by atoms with Crippen LogP contribution in [0.25, 0.3) is 0 Å². The Bertz CT molecular complexity index is 680. The molecule has 0 radical (unpaired) electrons. The molecule has 0 atom stereocenters. The molecule has 2 aromatic carbocycles. The highest BCUT2D eigenvalue weighted by atomic mass is 32.2. The monoisotopic (exact) mass is 367 g/mol. The highest BCUT2D eigenvalue weighted by Gasteiger charge is 2.13. The SMILES string of the molecule is CCOCCOc1ccccc1C(=O)Nc1ccc(SC(F)F)cc1. The third-order valence-corrected chi connectivity index (χ3v) is 3.88. The first-order chi connectivity index (χ1) is 12.1. The number of hydrogen-bond donors (Lipinski definition) is 1. The van der Waals surface area contributed by atoms with E-state index in [0.717, 1.165) is 0 Å². The lowest BCUT2D eigenvalue weighted by atomic mass is 10.2. The predicted octanol–water partition coefficient (Wildman–Crippen LogP) is 4.67. The third-order valence-electron chi connectivity index (χ3n) is 3.16. The van der Waals surface area contributed by atoms with Crippen molar-refractivity contribution in [3.8, 4) is 5.75 Å². The van der Waals surface area contributed by atoms with Crippen LogP contribution in [0.15, 0.2) is 53.4 Å². The number of anilines is 1. The lowest BCUT2D eigenvalue weighted by Gasteiger charge is -2.12. The van der Waals surface area contributed by atoms with Gasteiger partial charge in [0.1, 0.15) is 12.4 Å². The number of hydrogen-bond acceptors (Lipinski definition) is 4. The van der Waals surface area contributed by atoms with Crippen LogP contribution in [0.5, 0.6) is 5.75 Å². The Morgan fingerprint density at radius 3 is 2.52 bits per heavy atom. The Balaban J connectivity index is 2.00. The van der Waals surface area contributed by atoms with Gasteiger partial charge < -0.3 is 14.8 Å². The minimum Gasteiger partial charge on any atom is -0.490 e. The third kappa shape index (κ3) is 6.36. The molecule has 0 saturated heterocycles. The number of carbonyl (C=O) groups excluding carboxylic acids is 1. The first-order valence-electron chi connectivity index (χ1n) is 7.76. The fourth-order valence-electron chi connectivity index (χ4n) is 2.05. The van der Waals surface area contributed by atoms with Gasteiger partial charge in [0.2, 0.25) is 0 Å². The molecule has 7 heteroatoms. The molecular weight excluding hydrogens is 348 g/mol. The lowest BCUT2D eigenvalue weighted by Crippen LogP contribution is -2.15. The summed E-state index contributed by atoms with van der Waals surface area (Å²) in [4.78, 5) is 12.9. The van der Waals surface area contributed by atoms with E-state index in [4.69, 9.17) is 9.47 Å². The molecular formula is C18H19F2NO3S. The van der Waals surface area contributed by atoms with Crippen molar-refractivity contribution >= 4 is 23.4 Å². The van der Waals surface area contributed by atoms with Gasteiger partial charge in [-0.05, 0) is 43.3 Å². The molecule has 1 N–H and O–H groups in total. The molecule has 2 rings (SSSR count). The summed E-state index contributed by atoms with van der Waals surface area (Å²) in [7, 11) is 0. The van der Waals surface area contributed by atoms with Crippen LogP contribution in [0, 0.1) is 0 Å². The zero-order valence-electron chi connectivity index (χ0n) is 13.7. The van der Waals surface area contributed by atoms with Crippen molar-refractivity contribution in [2.75, 3.05) is 25.1 Å². The Kier molecular flexibility index (Phi) is 7.69. The average molecular weight is 367 g/mol. The summed E-state index contributed by atoms with van der Waals surface area (Å²) in [5.74, 6) is -2.34. The Morgan fingerprint density at radius 2 is 1.84 bits per heavy atom. The van der Waals surface area contributed by atoms with E-state index in [-0.39, 0.29) is 5.91 Å². The van der Waals surface area contributed by atoms with Crippen LogP contribution in [0.3, 0.4) is 0 Å². The van der Waals surface area contributed by atoms with E-state index < -0.39 is 5.76 Å². The summed E-state index contributed by atoms with van der Waals surface area (Å²) in [6.45, 7) is 3.28. The normalized spacial score (nSPS) is 10.7. The maximum atomic E-state index is 12.4. The van der Waals surface area contributed by atoms with Gasteiger partial charge in [-0.2, -0.15) is 8.78 Å². The van der Waals surface area contributed by atoms with Gasteiger partial charge in [-0.15, -0.1) is 0 Å².